The van der Waals surface area contributed by atoms with E-state index in [1.807, 2.05) is 0 Å². The molecule has 1 N–H and O–H groups in total. The average Bonchev–Trinajstić information content (AvgIpc) is 2.82. The quantitative estimate of drug-likeness (QED) is 0.808. The number of ether oxygens (including phenoxy) is 1. The highest BCUT2D eigenvalue weighted by atomic mass is 32.3. The maximum atomic E-state index is 12.6. The highest BCUT2D eigenvalue weighted by Crippen LogP contribution is 2.31. The first-order valence-electron chi connectivity index (χ1n) is 6.67. The second-order valence-electron chi connectivity index (χ2n) is 4.38. The van der Waals surface area contributed by atoms with Gasteiger partial charge in [-0.1, -0.05) is 17.7 Å². The Balaban J connectivity index is 2.25. The molecule has 8 heteroatoms. The van der Waals surface area contributed by atoms with E-state index in [2.05, 4.69) is 16.8 Å². The van der Waals surface area contributed by atoms with E-state index in [1.54, 1.807) is 6.92 Å². The van der Waals surface area contributed by atoms with Gasteiger partial charge in [-0.3, -0.25) is 0 Å². The highest BCUT2D eigenvalue weighted by Gasteiger charge is 2.22. The molecule has 0 atom stereocenters. The summed E-state index contributed by atoms with van der Waals surface area (Å²) in [7, 11) is -3.79. The van der Waals surface area contributed by atoms with Crippen LogP contribution in [0.25, 0.3) is 0 Å². The Hall–Kier alpha value is -2.50. The summed E-state index contributed by atoms with van der Waals surface area (Å²) in [6.07, 6.45) is 2.29. The molecule has 0 aromatic heterocycles. The third-order valence-electron chi connectivity index (χ3n) is 2.82. The van der Waals surface area contributed by atoms with Crippen molar-refractivity contribution in [2.75, 3.05) is 6.61 Å². The van der Waals surface area contributed by atoms with Crippen LogP contribution in [0.4, 0.5) is 0 Å². The molecule has 2 rings (SSSR count). The molecule has 0 aliphatic carbocycles. The predicted octanol–water partition coefficient (Wildman–Crippen LogP) is 2.45. The van der Waals surface area contributed by atoms with Crippen LogP contribution in [-0.4, -0.2) is 31.8 Å². The van der Waals surface area contributed by atoms with Gasteiger partial charge in [0.2, 0.25) is 9.84 Å². The summed E-state index contributed by atoms with van der Waals surface area (Å²) in [6, 6.07) is 5.91. The van der Waals surface area contributed by atoms with Crippen molar-refractivity contribution in [3.63, 3.8) is 0 Å². The summed E-state index contributed by atoms with van der Waals surface area (Å²) in [6.45, 7) is 1.92. The fraction of sp³-hybridized carbons (Fsp3) is 0.125. The molecule has 0 unspecified atom stereocenters. The number of aliphatic carboxylic acids is 1. The molecule has 1 heterocycles. The lowest BCUT2D eigenvalue weighted by molar-refractivity contribution is -0.129. The average molecular weight is 363 g/mol. The molecule has 0 bridgehead atoms. The zero-order valence-corrected chi connectivity index (χ0v) is 14.2. The second kappa shape index (κ2) is 7.86. The van der Waals surface area contributed by atoms with Crippen LogP contribution in [0, 0.1) is 11.8 Å². The van der Waals surface area contributed by atoms with Gasteiger partial charge in [0.15, 0.2) is 0 Å². The third-order valence-corrected chi connectivity index (χ3v) is 5.91. The predicted molar refractivity (Wildman–Crippen MR) is 92.5 cm³/mol. The lowest BCUT2D eigenvalue weighted by Gasteiger charge is -2.07. The smallest absolute Gasteiger partial charge is 0.354 e. The molecular weight excluding hydrogens is 350 g/mol. The van der Waals surface area contributed by atoms with Crippen LogP contribution in [0.1, 0.15) is 6.92 Å². The Kier molecular flexibility index (Phi) is 5.84. The number of benzene rings is 1. The van der Waals surface area contributed by atoms with Crippen LogP contribution in [0.15, 0.2) is 56.1 Å². The van der Waals surface area contributed by atoms with Crippen molar-refractivity contribution in [3.8, 4) is 17.6 Å². The Morgan fingerprint density at radius 1 is 1.33 bits per heavy atom. The van der Waals surface area contributed by atoms with Gasteiger partial charge in [0.25, 0.3) is 0 Å². The Bertz CT molecular complexity index is 885. The topological polar surface area (TPSA) is 93.0 Å². The zero-order valence-electron chi connectivity index (χ0n) is 12.6. The van der Waals surface area contributed by atoms with E-state index in [1.165, 1.54) is 35.7 Å². The molecule has 0 spiro atoms. The summed E-state index contributed by atoms with van der Waals surface area (Å²) in [5.74, 6) is 4.71. The maximum Gasteiger partial charge on any atom is 0.354 e. The molecule has 0 fully saturated rings. The highest BCUT2D eigenvalue weighted by molar-refractivity contribution is 8.20. The van der Waals surface area contributed by atoms with Gasteiger partial charge in [-0.25, -0.2) is 18.2 Å². The fourth-order valence-corrected chi connectivity index (χ4v) is 3.97. The van der Waals surface area contributed by atoms with E-state index in [9.17, 15) is 13.2 Å². The fourth-order valence-electron chi connectivity index (χ4n) is 1.64. The van der Waals surface area contributed by atoms with Crippen molar-refractivity contribution in [1.29, 1.82) is 0 Å². The van der Waals surface area contributed by atoms with Gasteiger partial charge in [0.05, 0.1) is 11.1 Å². The Labute approximate surface area is 143 Å². The monoisotopic (exact) mass is 363 g/mol. The van der Waals surface area contributed by atoms with Crippen LogP contribution in [0.5, 0.6) is 5.75 Å². The van der Waals surface area contributed by atoms with Crippen molar-refractivity contribution >= 4 is 33.3 Å². The van der Waals surface area contributed by atoms with Crippen LogP contribution in [0.2, 0.25) is 0 Å². The number of carboxylic acid groups (broad SMARTS) is 1. The number of nitrogens with zero attached hydrogens (tertiary/aromatic N) is 1. The first-order chi connectivity index (χ1) is 11.4. The standard InChI is InChI=1S/C16H13NO5S2/c1-2-3-9-22-12-4-6-13(7-5-12)24(20,21)15-11-17-14(16(18)19)8-10-23-15/h4-8,10-11H,9H2,1H3,(H,18,19). The summed E-state index contributed by atoms with van der Waals surface area (Å²) in [4.78, 5) is 14.6. The number of aliphatic imine (C=N–C) groups is 1. The molecule has 1 aromatic carbocycles. The van der Waals surface area contributed by atoms with E-state index in [4.69, 9.17) is 9.84 Å². The maximum absolute atomic E-state index is 12.6. The molecular formula is C16H13NO5S2. The van der Waals surface area contributed by atoms with Gasteiger partial charge in [0.1, 0.15) is 22.3 Å². The molecule has 124 valence electrons. The summed E-state index contributed by atoms with van der Waals surface area (Å²) in [5.41, 5.74) is -0.228. The van der Waals surface area contributed by atoms with Crippen LogP contribution in [0.3, 0.4) is 0 Å². The second-order valence-corrected chi connectivity index (χ2v) is 7.50. The number of rotatable bonds is 5. The summed E-state index contributed by atoms with van der Waals surface area (Å²) in [5, 5.41) is 10.3. The molecule has 0 amide bonds. The van der Waals surface area contributed by atoms with Crippen LogP contribution in [-0.2, 0) is 14.6 Å². The van der Waals surface area contributed by atoms with Crippen LogP contribution < -0.4 is 4.74 Å². The normalized spacial score (nSPS) is 13.9. The summed E-state index contributed by atoms with van der Waals surface area (Å²) >= 11 is 0.893. The van der Waals surface area contributed by atoms with E-state index < -0.39 is 15.8 Å². The molecule has 1 aliphatic rings. The minimum atomic E-state index is -3.79. The van der Waals surface area contributed by atoms with Crippen molar-refractivity contribution < 1.29 is 23.1 Å². The number of hydrogen-bond donors (Lipinski definition) is 1. The van der Waals surface area contributed by atoms with Gasteiger partial charge in [0, 0.05) is 0 Å². The molecule has 0 saturated heterocycles. The van der Waals surface area contributed by atoms with Gasteiger partial charge < -0.3 is 9.84 Å². The van der Waals surface area contributed by atoms with Crippen LogP contribution >= 0.6 is 11.8 Å². The summed E-state index contributed by atoms with van der Waals surface area (Å²) < 4.78 is 30.4. The van der Waals surface area contributed by atoms with Crippen molar-refractivity contribution in [2.24, 2.45) is 4.99 Å². The molecule has 0 saturated carbocycles. The van der Waals surface area contributed by atoms with Gasteiger partial charge in [-0.2, -0.15) is 0 Å². The van der Waals surface area contributed by atoms with E-state index in [0.29, 0.717) is 5.75 Å². The van der Waals surface area contributed by atoms with Gasteiger partial charge >= 0.3 is 5.97 Å². The number of carbonyl (C=O) groups is 1. The number of thioether (sulfide) groups is 1. The van der Waals surface area contributed by atoms with E-state index in [-0.39, 0.29) is 21.5 Å². The zero-order chi connectivity index (χ0) is 17.6. The van der Waals surface area contributed by atoms with Gasteiger partial charge in [-0.05, 0) is 42.7 Å². The van der Waals surface area contributed by atoms with Crippen molar-refractivity contribution in [3.05, 3.63) is 46.2 Å². The molecule has 1 aliphatic heterocycles. The first-order valence-corrected chi connectivity index (χ1v) is 9.03. The molecule has 6 nitrogen and oxygen atoms in total. The Morgan fingerprint density at radius 2 is 2.04 bits per heavy atom. The minimum absolute atomic E-state index is 0.0551. The number of carboxylic acids is 1. The largest absolute Gasteiger partial charge is 0.481 e. The molecule has 1 aromatic rings. The molecule has 0 radical (unpaired) electrons. The minimum Gasteiger partial charge on any atom is -0.481 e. The lowest BCUT2D eigenvalue weighted by atomic mass is 10.3. The SMILES string of the molecule is CC#CCOc1ccc(S(=O)(=O)C2=CN=C(C(=O)O)C=CS2)cc1. The van der Waals surface area contributed by atoms with E-state index >= 15 is 0 Å². The lowest BCUT2D eigenvalue weighted by Crippen LogP contribution is -2.08. The first kappa shape index (κ1) is 17.8. The number of hydrogen-bond acceptors (Lipinski definition) is 6. The van der Waals surface area contributed by atoms with E-state index in [0.717, 1.165) is 18.0 Å². The third kappa shape index (κ3) is 4.28. The number of sulfone groups is 1. The van der Waals surface area contributed by atoms with Crippen molar-refractivity contribution in [1.82, 2.24) is 0 Å². The Morgan fingerprint density at radius 3 is 2.67 bits per heavy atom. The molecule has 24 heavy (non-hydrogen) atoms. The van der Waals surface area contributed by atoms with Crippen molar-refractivity contribution in [2.45, 2.75) is 11.8 Å². The van der Waals surface area contributed by atoms with Gasteiger partial charge in [-0.15, -0.1) is 5.92 Å².